The zero-order valence-electron chi connectivity index (χ0n) is 6.50. The maximum Gasteiger partial charge on any atom is 0.139 e. The van der Waals surface area contributed by atoms with Gasteiger partial charge in [-0.05, 0) is 35.0 Å². The first-order chi connectivity index (χ1) is 5.65. The summed E-state index contributed by atoms with van der Waals surface area (Å²) in [7, 11) is 0. The van der Waals surface area contributed by atoms with E-state index in [1.807, 2.05) is 6.92 Å². The predicted octanol–water partition coefficient (Wildman–Crippen LogP) is 3.67. The summed E-state index contributed by atoms with van der Waals surface area (Å²) in [6, 6.07) is 2.91. The normalized spacial score (nSPS) is 10.0. The highest BCUT2D eigenvalue weighted by Gasteiger charge is 2.04. The van der Waals surface area contributed by atoms with E-state index in [9.17, 15) is 4.39 Å². The predicted molar refractivity (Wildman–Crippen MR) is 53.3 cm³/mol. The van der Waals surface area contributed by atoms with Gasteiger partial charge in [-0.25, -0.2) is 4.39 Å². The van der Waals surface area contributed by atoms with Crippen LogP contribution in [-0.2, 0) is 0 Å². The first kappa shape index (κ1) is 9.81. The first-order valence-electron chi connectivity index (χ1n) is 3.53. The van der Waals surface area contributed by atoms with Gasteiger partial charge in [-0.2, -0.15) is 0 Å². The molecule has 4 heteroatoms. The highest BCUT2D eigenvalue weighted by Crippen LogP contribution is 2.28. The Hall–Kier alpha value is -0.280. The summed E-state index contributed by atoms with van der Waals surface area (Å²) >= 11 is 8.87. The molecule has 0 radical (unpaired) electrons. The fourth-order valence-electron chi connectivity index (χ4n) is 0.848. The second-order valence-corrected chi connectivity index (χ2v) is 3.54. The molecule has 0 aliphatic rings. The van der Waals surface area contributed by atoms with Crippen molar-refractivity contribution < 1.29 is 4.39 Å². The minimum atomic E-state index is -0.310. The topological polar surface area (TPSA) is 12.0 Å². The molecule has 0 aromatic heterocycles. The van der Waals surface area contributed by atoms with Gasteiger partial charge < -0.3 is 5.32 Å². The van der Waals surface area contributed by atoms with Gasteiger partial charge in [-0.3, -0.25) is 0 Å². The van der Waals surface area contributed by atoms with E-state index in [4.69, 9.17) is 11.6 Å². The first-order valence-corrected chi connectivity index (χ1v) is 4.70. The molecule has 1 nitrogen and oxygen atoms in total. The van der Waals surface area contributed by atoms with E-state index in [2.05, 4.69) is 21.2 Å². The van der Waals surface area contributed by atoms with Crippen LogP contribution in [0.25, 0.3) is 0 Å². The molecule has 66 valence electrons. The number of halogens is 3. The van der Waals surface area contributed by atoms with Crippen molar-refractivity contribution in [1.82, 2.24) is 0 Å². The van der Waals surface area contributed by atoms with Crippen LogP contribution in [-0.4, -0.2) is 6.54 Å². The van der Waals surface area contributed by atoms with E-state index in [0.29, 0.717) is 15.2 Å². The molecule has 0 heterocycles. The van der Waals surface area contributed by atoms with E-state index in [-0.39, 0.29) is 5.82 Å². The molecule has 1 rings (SSSR count). The second kappa shape index (κ2) is 4.10. The summed E-state index contributed by atoms with van der Waals surface area (Å²) in [5.41, 5.74) is 0.625. The minimum Gasteiger partial charge on any atom is -0.384 e. The van der Waals surface area contributed by atoms with Crippen molar-refractivity contribution in [3.8, 4) is 0 Å². The van der Waals surface area contributed by atoms with Crippen LogP contribution in [0.15, 0.2) is 16.6 Å². The Kier molecular flexibility index (Phi) is 3.35. The molecule has 0 unspecified atom stereocenters. The molecule has 0 fully saturated rings. The van der Waals surface area contributed by atoms with Gasteiger partial charge in [0, 0.05) is 6.54 Å². The molecule has 0 atom stereocenters. The number of nitrogens with one attached hydrogen (secondary N) is 1. The molecular formula is C8H8BrClFN. The minimum absolute atomic E-state index is 0.310. The third-order valence-electron chi connectivity index (χ3n) is 1.38. The van der Waals surface area contributed by atoms with Crippen molar-refractivity contribution in [3.63, 3.8) is 0 Å². The van der Waals surface area contributed by atoms with Crippen LogP contribution < -0.4 is 5.32 Å². The number of anilines is 1. The van der Waals surface area contributed by atoms with Gasteiger partial charge in [-0.15, -0.1) is 0 Å². The summed E-state index contributed by atoms with van der Waals surface area (Å²) in [4.78, 5) is 0. The third-order valence-corrected chi connectivity index (χ3v) is 2.30. The number of hydrogen-bond acceptors (Lipinski definition) is 1. The van der Waals surface area contributed by atoms with Crippen LogP contribution in [0.1, 0.15) is 6.92 Å². The lowest BCUT2D eigenvalue weighted by Crippen LogP contribution is -1.97. The standard InChI is InChI=1S/C8H8BrClFN/c1-2-12-8-4-7(11)5(9)3-6(8)10/h3-4,12H,2H2,1H3. The number of benzene rings is 1. The van der Waals surface area contributed by atoms with Crippen LogP contribution >= 0.6 is 27.5 Å². The Labute approximate surface area is 84.0 Å². The van der Waals surface area contributed by atoms with Gasteiger partial charge in [-0.1, -0.05) is 11.6 Å². The molecule has 0 aliphatic heterocycles. The summed E-state index contributed by atoms with van der Waals surface area (Å²) in [6.07, 6.45) is 0. The van der Waals surface area contributed by atoms with Crippen LogP contribution in [0, 0.1) is 5.82 Å². The number of rotatable bonds is 2. The Bertz CT molecular complexity index is 291. The van der Waals surface area contributed by atoms with Gasteiger partial charge in [0.2, 0.25) is 0 Å². The summed E-state index contributed by atoms with van der Waals surface area (Å²) in [5.74, 6) is -0.310. The lowest BCUT2D eigenvalue weighted by Gasteiger charge is -2.06. The Morgan fingerprint density at radius 1 is 1.58 bits per heavy atom. The fourth-order valence-corrected chi connectivity index (χ4v) is 1.55. The van der Waals surface area contributed by atoms with Gasteiger partial charge in [0.25, 0.3) is 0 Å². The van der Waals surface area contributed by atoms with Crippen molar-refractivity contribution in [2.45, 2.75) is 6.92 Å². The molecule has 0 saturated carbocycles. The van der Waals surface area contributed by atoms with Gasteiger partial charge in [0.05, 0.1) is 15.2 Å². The third kappa shape index (κ3) is 2.11. The largest absolute Gasteiger partial charge is 0.384 e. The molecule has 12 heavy (non-hydrogen) atoms. The van der Waals surface area contributed by atoms with E-state index >= 15 is 0 Å². The highest BCUT2D eigenvalue weighted by atomic mass is 79.9. The molecule has 0 aliphatic carbocycles. The maximum atomic E-state index is 12.9. The van der Waals surface area contributed by atoms with E-state index < -0.39 is 0 Å². The molecule has 1 aromatic rings. The van der Waals surface area contributed by atoms with Crippen LogP contribution in [0.2, 0.25) is 5.02 Å². The summed E-state index contributed by atoms with van der Waals surface area (Å²) in [6.45, 7) is 2.65. The number of hydrogen-bond donors (Lipinski definition) is 1. The van der Waals surface area contributed by atoms with Crippen molar-refractivity contribution in [2.75, 3.05) is 11.9 Å². The van der Waals surface area contributed by atoms with Crippen LogP contribution in [0.3, 0.4) is 0 Å². The van der Waals surface area contributed by atoms with E-state index in [1.165, 1.54) is 12.1 Å². The van der Waals surface area contributed by atoms with Crippen molar-refractivity contribution >= 4 is 33.2 Å². The quantitative estimate of drug-likeness (QED) is 0.792. The zero-order valence-corrected chi connectivity index (χ0v) is 8.84. The average molecular weight is 253 g/mol. The van der Waals surface area contributed by atoms with Crippen molar-refractivity contribution in [2.24, 2.45) is 0 Å². The van der Waals surface area contributed by atoms with Gasteiger partial charge in [0.15, 0.2) is 0 Å². The maximum absolute atomic E-state index is 12.9. The van der Waals surface area contributed by atoms with Gasteiger partial charge in [0.1, 0.15) is 5.82 Å². The SMILES string of the molecule is CCNc1cc(F)c(Br)cc1Cl. The van der Waals surface area contributed by atoms with Crippen LogP contribution in [0.4, 0.5) is 10.1 Å². The second-order valence-electron chi connectivity index (χ2n) is 2.28. The smallest absolute Gasteiger partial charge is 0.139 e. The molecule has 0 spiro atoms. The summed E-state index contributed by atoms with van der Waals surface area (Å²) in [5, 5.41) is 3.47. The summed E-state index contributed by atoms with van der Waals surface area (Å²) < 4.78 is 13.3. The van der Waals surface area contributed by atoms with E-state index in [0.717, 1.165) is 6.54 Å². The molecule has 1 aromatic carbocycles. The van der Waals surface area contributed by atoms with Crippen molar-refractivity contribution in [1.29, 1.82) is 0 Å². The molecule has 1 N–H and O–H groups in total. The fraction of sp³-hybridized carbons (Fsp3) is 0.250. The Balaban J connectivity index is 3.05. The van der Waals surface area contributed by atoms with E-state index in [1.54, 1.807) is 0 Å². The molecule has 0 saturated heterocycles. The monoisotopic (exact) mass is 251 g/mol. The molecular weight excluding hydrogens is 244 g/mol. The Morgan fingerprint density at radius 2 is 2.25 bits per heavy atom. The van der Waals surface area contributed by atoms with Crippen molar-refractivity contribution in [3.05, 3.63) is 27.4 Å². The molecule has 0 amide bonds. The van der Waals surface area contributed by atoms with Gasteiger partial charge >= 0.3 is 0 Å². The Morgan fingerprint density at radius 3 is 2.83 bits per heavy atom. The highest BCUT2D eigenvalue weighted by molar-refractivity contribution is 9.10. The van der Waals surface area contributed by atoms with Crippen LogP contribution in [0.5, 0.6) is 0 Å². The zero-order chi connectivity index (χ0) is 9.14. The lowest BCUT2D eigenvalue weighted by molar-refractivity contribution is 0.621. The average Bonchev–Trinajstić information content (AvgIpc) is 2.01. The molecule has 0 bridgehead atoms. The lowest BCUT2D eigenvalue weighted by atomic mass is 10.3.